The van der Waals surface area contributed by atoms with E-state index in [1.807, 2.05) is 0 Å². The molecule has 3 nitrogen and oxygen atoms in total. The van der Waals surface area contributed by atoms with E-state index in [9.17, 15) is 0 Å². The average Bonchev–Trinajstić information content (AvgIpc) is 2.93. The zero-order valence-electron chi connectivity index (χ0n) is 12.2. The van der Waals surface area contributed by atoms with Crippen LogP contribution in [0.15, 0.2) is 24.3 Å². The van der Waals surface area contributed by atoms with Crippen LogP contribution < -0.4 is 16.0 Å². The highest BCUT2D eigenvalue weighted by Crippen LogP contribution is 2.23. The van der Waals surface area contributed by atoms with Crippen molar-refractivity contribution in [1.82, 2.24) is 0 Å². The summed E-state index contributed by atoms with van der Waals surface area (Å²) >= 11 is 0. The van der Waals surface area contributed by atoms with Gasteiger partial charge >= 0.3 is 0 Å². The van der Waals surface area contributed by atoms with Gasteiger partial charge in [-0.05, 0) is 49.4 Å². The summed E-state index contributed by atoms with van der Waals surface area (Å²) in [4.78, 5) is 2.47. The number of rotatable bonds is 6. The van der Waals surface area contributed by atoms with Crippen molar-refractivity contribution in [1.29, 1.82) is 0 Å². The molecule has 1 aromatic rings. The van der Waals surface area contributed by atoms with E-state index in [0.717, 1.165) is 13.1 Å². The second-order valence-electron chi connectivity index (χ2n) is 5.87. The first-order valence-electron chi connectivity index (χ1n) is 7.49. The predicted octanol–water partition coefficient (Wildman–Crippen LogP) is 2.93. The first-order valence-corrected chi connectivity index (χ1v) is 7.49. The third-order valence-electron chi connectivity index (χ3n) is 4.13. The zero-order chi connectivity index (χ0) is 13.7. The van der Waals surface area contributed by atoms with Crippen molar-refractivity contribution in [2.45, 2.75) is 26.7 Å². The highest BCUT2D eigenvalue weighted by atomic mass is 15.1. The van der Waals surface area contributed by atoms with Crippen molar-refractivity contribution in [3.8, 4) is 0 Å². The Morgan fingerprint density at radius 2 is 2.00 bits per heavy atom. The van der Waals surface area contributed by atoms with Crippen LogP contribution in [0, 0.1) is 11.8 Å². The fourth-order valence-electron chi connectivity index (χ4n) is 2.63. The highest BCUT2D eigenvalue weighted by Gasteiger charge is 2.13. The molecule has 106 valence electrons. The number of hydrogen-bond acceptors (Lipinski definition) is 3. The standard InChI is InChI=1S/C16H27N3/c1-13(2)14(11-17)12-18-15-6-5-7-16(10-15)19-8-3-4-9-19/h5-7,10,13-14,18H,3-4,8-9,11-12,17H2,1-2H3. The Labute approximate surface area is 117 Å². The molecule has 19 heavy (non-hydrogen) atoms. The smallest absolute Gasteiger partial charge is 0.0386 e. The van der Waals surface area contributed by atoms with Gasteiger partial charge in [-0.15, -0.1) is 0 Å². The number of anilines is 2. The summed E-state index contributed by atoms with van der Waals surface area (Å²) in [6, 6.07) is 8.76. The van der Waals surface area contributed by atoms with Crippen molar-refractivity contribution < 1.29 is 0 Å². The van der Waals surface area contributed by atoms with Crippen molar-refractivity contribution in [2.75, 3.05) is 36.4 Å². The Morgan fingerprint density at radius 3 is 2.63 bits per heavy atom. The van der Waals surface area contributed by atoms with E-state index in [1.54, 1.807) is 0 Å². The van der Waals surface area contributed by atoms with E-state index in [0.29, 0.717) is 11.8 Å². The Bertz CT molecular complexity index is 383. The molecule has 0 amide bonds. The first-order chi connectivity index (χ1) is 9.20. The van der Waals surface area contributed by atoms with Gasteiger partial charge in [0.15, 0.2) is 0 Å². The minimum atomic E-state index is 0.537. The van der Waals surface area contributed by atoms with Crippen LogP contribution in [0.5, 0.6) is 0 Å². The molecule has 2 rings (SSSR count). The Hall–Kier alpha value is -1.22. The van der Waals surface area contributed by atoms with Crippen LogP contribution in [0.3, 0.4) is 0 Å². The van der Waals surface area contributed by atoms with Crippen LogP contribution in [0.1, 0.15) is 26.7 Å². The fraction of sp³-hybridized carbons (Fsp3) is 0.625. The maximum atomic E-state index is 5.82. The van der Waals surface area contributed by atoms with Gasteiger partial charge in [-0.2, -0.15) is 0 Å². The molecule has 1 fully saturated rings. The van der Waals surface area contributed by atoms with Gasteiger partial charge in [0.05, 0.1) is 0 Å². The molecule has 0 aliphatic carbocycles. The van der Waals surface area contributed by atoms with Crippen LogP contribution in [0.2, 0.25) is 0 Å². The number of nitrogens with two attached hydrogens (primary N) is 1. The summed E-state index contributed by atoms with van der Waals surface area (Å²) in [7, 11) is 0. The molecule has 1 saturated heterocycles. The van der Waals surface area contributed by atoms with Crippen molar-refractivity contribution in [3.63, 3.8) is 0 Å². The molecular weight excluding hydrogens is 234 g/mol. The summed E-state index contributed by atoms with van der Waals surface area (Å²) < 4.78 is 0. The quantitative estimate of drug-likeness (QED) is 0.827. The fourth-order valence-corrected chi connectivity index (χ4v) is 2.63. The molecule has 0 aromatic heterocycles. The number of nitrogens with zero attached hydrogens (tertiary/aromatic N) is 1. The minimum absolute atomic E-state index is 0.537. The molecule has 1 atom stereocenters. The molecule has 0 bridgehead atoms. The minimum Gasteiger partial charge on any atom is -0.385 e. The molecule has 3 N–H and O–H groups in total. The average molecular weight is 261 g/mol. The molecule has 1 aliphatic rings. The van der Waals surface area contributed by atoms with E-state index >= 15 is 0 Å². The number of benzene rings is 1. The third kappa shape index (κ3) is 3.87. The Balaban J connectivity index is 1.95. The summed E-state index contributed by atoms with van der Waals surface area (Å²) in [6.07, 6.45) is 2.64. The van der Waals surface area contributed by atoms with Gasteiger partial charge in [0.1, 0.15) is 0 Å². The van der Waals surface area contributed by atoms with Crippen molar-refractivity contribution in [2.24, 2.45) is 17.6 Å². The van der Waals surface area contributed by atoms with Crippen LogP contribution in [-0.2, 0) is 0 Å². The van der Waals surface area contributed by atoms with Gasteiger partial charge < -0.3 is 16.0 Å². The maximum Gasteiger partial charge on any atom is 0.0386 e. The van der Waals surface area contributed by atoms with Crippen LogP contribution in [0.25, 0.3) is 0 Å². The second kappa shape index (κ2) is 6.80. The van der Waals surface area contributed by atoms with Gasteiger partial charge in [0, 0.05) is 31.0 Å². The zero-order valence-corrected chi connectivity index (χ0v) is 12.2. The number of nitrogens with one attached hydrogen (secondary N) is 1. The number of hydrogen-bond donors (Lipinski definition) is 2. The molecule has 0 saturated carbocycles. The molecule has 0 radical (unpaired) electrons. The third-order valence-corrected chi connectivity index (χ3v) is 4.13. The summed E-state index contributed by atoms with van der Waals surface area (Å²) in [5.74, 6) is 1.16. The summed E-state index contributed by atoms with van der Waals surface area (Å²) in [5, 5.41) is 3.53. The topological polar surface area (TPSA) is 41.3 Å². The van der Waals surface area contributed by atoms with Gasteiger partial charge in [0.2, 0.25) is 0 Å². The lowest BCUT2D eigenvalue weighted by Gasteiger charge is -2.22. The lowest BCUT2D eigenvalue weighted by atomic mass is 9.96. The van der Waals surface area contributed by atoms with E-state index in [1.165, 1.54) is 37.3 Å². The van der Waals surface area contributed by atoms with Gasteiger partial charge in [0.25, 0.3) is 0 Å². The SMILES string of the molecule is CC(C)C(CN)CNc1cccc(N2CCCC2)c1. The largest absolute Gasteiger partial charge is 0.385 e. The summed E-state index contributed by atoms with van der Waals surface area (Å²) in [5.41, 5.74) is 8.37. The summed E-state index contributed by atoms with van der Waals surface area (Å²) in [6.45, 7) is 8.57. The Kier molecular flexibility index (Phi) is 5.08. The molecule has 3 heteroatoms. The normalized spacial score (nSPS) is 16.9. The van der Waals surface area contributed by atoms with Gasteiger partial charge in [-0.1, -0.05) is 19.9 Å². The van der Waals surface area contributed by atoms with E-state index in [4.69, 9.17) is 5.73 Å². The molecule has 1 unspecified atom stereocenters. The van der Waals surface area contributed by atoms with E-state index in [2.05, 4.69) is 48.3 Å². The predicted molar refractivity (Wildman–Crippen MR) is 83.8 cm³/mol. The van der Waals surface area contributed by atoms with Crippen LogP contribution in [0.4, 0.5) is 11.4 Å². The van der Waals surface area contributed by atoms with Crippen molar-refractivity contribution in [3.05, 3.63) is 24.3 Å². The van der Waals surface area contributed by atoms with E-state index < -0.39 is 0 Å². The van der Waals surface area contributed by atoms with Crippen LogP contribution in [-0.4, -0.2) is 26.2 Å². The van der Waals surface area contributed by atoms with Crippen LogP contribution >= 0.6 is 0 Å². The molecular formula is C16H27N3. The van der Waals surface area contributed by atoms with Gasteiger partial charge in [-0.3, -0.25) is 0 Å². The lowest BCUT2D eigenvalue weighted by Crippen LogP contribution is -2.27. The molecule has 1 heterocycles. The second-order valence-corrected chi connectivity index (χ2v) is 5.87. The lowest BCUT2D eigenvalue weighted by molar-refractivity contribution is 0.413. The molecule has 1 aromatic carbocycles. The Morgan fingerprint density at radius 1 is 1.26 bits per heavy atom. The molecule has 0 spiro atoms. The van der Waals surface area contributed by atoms with Crippen molar-refractivity contribution >= 4 is 11.4 Å². The monoisotopic (exact) mass is 261 g/mol. The van der Waals surface area contributed by atoms with Gasteiger partial charge in [-0.25, -0.2) is 0 Å². The maximum absolute atomic E-state index is 5.82. The molecule has 1 aliphatic heterocycles. The van der Waals surface area contributed by atoms with E-state index in [-0.39, 0.29) is 0 Å². The highest BCUT2D eigenvalue weighted by molar-refractivity contribution is 5.58. The first kappa shape index (κ1) is 14.2.